The maximum Gasteiger partial charge on any atom is 0.335 e. The SMILES string of the molecule is O=Nc1ccc(C(=O)O)cc1[N+](=O)[O-]. The molecule has 1 rings (SSSR count). The van der Waals surface area contributed by atoms with Crippen LogP contribution in [0.4, 0.5) is 11.4 Å². The van der Waals surface area contributed by atoms with Crippen LogP contribution in [0.1, 0.15) is 10.4 Å². The first-order chi connectivity index (χ1) is 6.56. The third-order valence-corrected chi connectivity index (χ3v) is 1.52. The van der Waals surface area contributed by atoms with Crippen molar-refractivity contribution in [1.29, 1.82) is 0 Å². The molecule has 7 nitrogen and oxygen atoms in total. The maximum atomic E-state index is 10.4. The van der Waals surface area contributed by atoms with Gasteiger partial charge in [-0.05, 0) is 17.3 Å². The van der Waals surface area contributed by atoms with Crippen LogP contribution in [-0.4, -0.2) is 16.0 Å². The van der Waals surface area contributed by atoms with E-state index in [0.717, 1.165) is 18.2 Å². The average molecular weight is 196 g/mol. The lowest BCUT2D eigenvalue weighted by molar-refractivity contribution is -0.384. The molecule has 0 saturated heterocycles. The molecule has 0 heterocycles. The lowest BCUT2D eigenvalue weighted by Crippen LogP contribution is -1.97. The van der Waals surface area contributed by atoms with Gasteiger partial charge in [0.1, 0.15) is 0 Å². The van der Waals surface area contributed by atoms with Crippen molar-refractivity contribution in [3.8, 4) is 0 Å². The minimum absolute atomic E-state index is 0.260. The molecule has 0 saturated carbocycles. The number of benzene rings is 1. The first kappa shape index (κ1) is 9.78. The van der Waals surface area contributed by atoms with Crippen LogP contribution in [-0.2, 0) is 0 Å². The van der Waals surface area contributed by atoms with E-state index < -0.39 is 16.6 Å². The molecule has 0 aliphatic rings. The molecule has 0 radical (unpaired) electrons. The number of nitro benzene ring substituents is 1. The number of nitrogens with zero attached hydrogens (tertiary/aromatic N) is 2. The van der Waals surface area contributed by atoms with E-state index >= 15 is 0 Å². The molecule has 0 aromatic heterocycles. The smallest absolute Gasteiger partial charge is 0.335 e. The summed E-state index contributed by atoms with van der Waals surface area (Å²) in [5, 5.41) is 21.3. The Hall–Kier alpha value is -2.31. The molecule has 1 aromatic rings. The minimum Gasteiger partial charge on any atom is -0.478 e. The molecular formula is C7H4N2O5. The summed E-state index contributed by atoms with van der Waals surface area (Å²) in [6.07, 6.45) is 0. The second-order valence-electron chi connectivity index (χ2n) is 2.36. The van der Waals surface area contributed by atoms with Crippen molar-refractivity contribution < 1.29 is 14.8 Å². The van der Waals surface area contributed by atoms with Crippen molar-refractivity contribution >= 4 is 17.3 Å². The monoisotopic (exact) mass is 196 g/mol. The highest BCUT2D eigenvalue weighted by molar-refractivity contribution is 5.89. The highest BCUT2D eigenvalue weighted by Crippen LogP contribution is 2.27. The zero-order valence-corrected chi connectivity index (χ0v) is 6.71. The van der Waals surface area contributed by atoms with Gasteiger partial charge in [-0.1, -0.05) is 0 Å². The van der Waals surface area contributed by atoms with Gasteiger partial charge >= 0.3 is 5.97 Å². The average Bonchev–Trinajstić information content (AvgIpc) is 2.16. The Morgan fingerprint density at radius 1 is 1.50 bits per heavy atom. The Morgan fingerprint density at radius 2 is 2.14 bits per heavy atom. The van der Waals surface area contributed by atoms with E-state index in [1.807, 2.05) is 0 Å². The normalized spacial score (nSPS) is 9.43. The van der Waals surface area contributed by atoms with Gasteiger partial charge in [0.05, 0.1) is 10.5 Å². The minimum atomic E-state index is -1.30. The van der Waals surface area contributed by atoms with E-state index in [2.05, 4.69) is 5.18 Å². The summed E-state index contributed by atoms with van der Waals surface area (Å²) in [6, 6.07) is 2.86. The van der Waals surface area contributed by atoms with Crippen molar-refractivity contribution in [2.24, 2.45) is 5.18 Å². The van der Waals surface area contributed by atoms with Crippen molar-refractivity contribution in [3.05, 3.63) is 38.8 Å². The standard InChI is InChI=1S/C7H4N2O5/c10-7(11)4-1-2-5(8-12)6(3-4)9(13)14/h1-3H,(H,10,11). The molecule has 0 unspecified atom stereocenters. The van der Waals surface area contributed by atoms with E-state index in [1.165, 1.54) is 0 Å². The third-order valence-electron chi connectivity index (χ3n) is 1.52. The van der Waals surface area contributed by atoms with Gasteiger partial charge in [-0.15, -0.1) is 4.91 Å². The molecule has 1 N–H and O–H groups in total. The highest BCUT2D eigenvalue weighted by Gasteiger charge is 2.17. The second-order valence-corrected chi connectivity index (χ2v) is 2.36. The van der Waals surface area contributed by atoms with Crippen LogP contribution in [0.25, 0.3) is 0 Å². The first-order valence-electron chi connectivity index (χ1n) is 3.41. The highest BCUT2D eigenvalue weighted by atomic mass is 16.6. The Labute approximate surface area is 77.1 Å². The molecular weight excluding hydrogens is 192 g/mol. The fraction of sp³-hybridized carbons (Fsp3) is 0. The molecule has 72 valence electrons. The number of aromatic carboxylic acids is 1. The van der Waals surface area contributed by atoms with Crippen LogP contribution in [0.2, 0.25) is 0 Å². The van der Waals surface area contributed by atoms with Crippen LogP contribution < -0.4 is 0 Å². The number of nitro groups is 1. The van der Waals surface area contributed by atoms with E-state index in [-0.39, 0.29) is 11.3 Å². The molecule has 0 bridgehead atoms. The number of carboxylic acid groups (broad SMARTS) is 1. The quantitative estimate of drug-likeness (QED) is 0.449. The zero-order chi connectivity index (χ0) is 10.7. The van der Waals surface area contributed by atoms with Crippen molar-refractivity contribution in [2.45, 2.75) is 0 Å². The first-order valence-corrected chi connectivity index (χ1v) is 3.41. The summed E-state index contributed by atoms with van der Waals surface area (Å²) in [5.41, 5.74) is -1.26. The van der Waals surface area contributed by atoms with Gasteiger partial charge in [0, 0.05) is 6.07 Å². The number of carboxylic acids is 1. The Balaban J connectivity index is 3.34. The molecule has 0 atom stereocenters. The largest absolute Gasteiger partial charge is 0.478 e. The van der Waals surface area contributed by atoms with Crippen LogP contribution in [0.3, 0.4) is 0 Å². The van der Waals surface area contributed by atoms with Gasteiger partial charge in [0.2, 0.25) is 0 Å². The molecule has 0 spiro atoms. The lowest BCUT2D eigenvalue weighted by atomic mass is 10.2. The molecule has 1 aromatic carbocycles. The molecule has 7 heteroatoms. The molecule has 0 aliphatic heterocycles. The van der Waals surface area contributed by atoms with Gasteiger partial charge in [-0.2, -0.15) is 0 Å². The topological polar surface area (TPSA) is 110 Å². The van der Waals surface area contributed by atoms with Crippen LogP contribution in [0, 0.1) is 15.0 Å². The van der Waals surface area contributed by atoms with E-state index in [0.29, 0.717) is 0 Å². The van der Waals surface area contributed by atoms with Crippen LogP contribution in [0.15, 0.2) is 23.4 Å². The summed E-state index contributed by atoms with van der Waals surface area (Å²) in [7, 11) is 0. The van der Waals surface area contributed by atoms with Crippen LogP contribution in [0.5, 0.6) is 0 Å². The van der Waals surface area contributed by atoms with E-state index in [9.17, 15) is 19.8 Å². The predicted octanol–water partition coefficient (Wildman–Crippen LogP) is 1.69. The summed E-state index contributed by atoms with van der Waals surface area (Å²) in [6.45, 7) is 0. The fourth-order valence-electron chi connectivity index (χ4n) is 0.880. The zero-order valence-electron chi connectivity index (χ0n) is 6.71. The fourth-order valence-corrected chi connectivity index (χ4v) is 0.880. The Bertz CT molecular complexity index is 415. The van der Waals surface area contributed by atoms with Crippen molar-refractivity contribution in [2.75, 3.05) is 0 Å². The molecule has 0 aliphatic carbocycles. The summed E-state index contributed by atoms with van der Waals surface area (Å²) >= 11 is 0. The number of rotatable bonds is 3. The number of hydrogen-bond donors (Lipinski definition) is 1. The maximum absolute atomic E-state index is 10.4. The van der Waals surface area contributed by atoms with Gasteiger partial charge in [-0.3, -0.25) is 10.1 Å². The Kier molecular flexibility index (Phi) is 2.52. The van der Waals surface area contributed by atoms with Crippen LogP contribution >= 0.6 is 0 Å². The lowest BCUT2D eigenvalue weighted by Gasteiger charge is -1.96. The van der Waals surface area contributed by atoms with Gasteiger partial charge in [0.25, 0.3) is 5.69 Å². The Morgan fingerprint density at radius 3 is 2.57 bits per heavy atom. The summed E-state index contributed by atoms with van der Waals surface area (Å²) in [4.78, 5) is 30.1. The number of nitroso groups, excluding NO2 is 1. The van der Waals surface area contributed by atoms with Crippen molar-refractivity contribution in [3.63, 3.8) is 0 Å². The van der Waals surface area contributed by atoms with E-state index in [1.54, 1.807) is 0 Å². The molecule has 0 fully saturated rings. The second kappa shape index (κ2) is 3.60. The van der Waals surface area contributed by atoms with Crippen molar-refractivity contribution in [1.82, 2.24) is 0 Å². The molecule has 14 heavy (non-hydrogen) atoms. The number of carbonyl (C=O) groups is 1. The van der Waals surface area contributed by atoms with E-state index in [4.69, 9.17) is 5.11 Å². The number of hydrogen-bond acceptors (Lipinski definition) is 5. The molecule has 0 amide bonds. The van der Waals surface area contributed by atoms with Gasteiger partial charge in [-0.25, -0.2) is 4.79 Å². The van der Waals surface area contributed by atoms with Gasteiger partial charge < -0.3 is 5.11 Å². The predicted molar refractivity (Wildman–Crippen MR) is 45.5 cm³/mol. The van der Waals surface area contributed by atoms with Gasteiger partial charge in [0.15, 0.2) is 5.69 Å². The third kappa shape index (κ3) is 1.71. The summed E-state index contributed by atoms with van der Waals surface area (Å²) < 4.78 is 0. The summed E-state index contributed by atoms with van der Waals surface area (Å²) in [5.74, 6) is -1.30.